The highest BCUT2D eigenvalue weighted by molar-refractivity contribution is 5.96. The van der Waals surface area contributed by atoms with Gasteiger partial charge in [0, 0.05) is 81.5 Å². The zero-order valence-corrected chi connectivity index (χ0v) is 22.2. The Bertz CT molecular complexity index is 1240. The Morgan fingerprint density at radius 2 is 1.84 bits per heavy atom. The van der Waals surface area contributed by atoms with E-state index in [0.29, 0.717) is 18.8 Å². The van der Waals surface area contributed by atoms with Crippen LogP contribution in [-0.4, -0.2) is 81.1 Å². The van der Waals surface area contributed by atoms with E-state index in [1.165, 1.54) is 5.56 Å². The molecule has 0 saturated carbocycles. The number of hydrogen-bond donors (Lipinski definition) is 2. The molecule has 198 valence electrons. The summed E-state index contributed by atoms with van der Waals surface area (Å²) in [6.07, 6.45) is 9.87. The Labute approximate surface area is 225 Å². The first-order chi connectivity index (χ1) is 18.5. The molecule has 2 aromatic heterocycles. The van der Waals surface area contributed by atoms with Crippen molar-refractivity contribution in [1.82, 2.24) is 24.8 Å². The molecule has 8 nitrogen and oxygen atoms in total. The van der Waals surface area contributed by atoms with Crippen molar-refractivity contribution in [1.29, 1.82) is 0 Å². The number of aromatic nitrogens is 3. The number of aliphatic hydroxyl groups excluding tert-OH is 1. The number of allylic oxidation sites excluding steroid dienone is 1. The highest BCUT2D eigenvalue weighted by Crippen LogP contribution is 2.22. The minimum Gasteiger partial charge on any atom is -0.371 e. The summed E-state index contributed by atoms with van der Waals surface area (Å²) in [4.78, 5) is 22.8. The summed E-state index contributed by atoms with van der Waals surface area (Å²) in [7, 11) is 2.18. The molecule has 3 atom stereocenters. The van der Waals surface area contributed by atoms with Crippen molar-refractivity contribution in [3.05, 3.63) is 84.3 Å². The van der Waals surface area contributed by atoms with E-state index in [2.05, 4.69) is 79.4 Å². The zero-order chi connectivity index (χ0) is 26.3. The van der Waals surface area contributed by atoms with E-state index in [0.717, 1.165) is 55.3 Å². The van der Waals surface area contributed by atoms with Gasteiger partial charge in [0.25, 0.3) is 0 Å². The van der Waals surface area contributed by atoms with E-state index in [4.69, 9.17) is 0 Å². The molecule has 2 N–H and O–H groups in total. The number of rotatable bonds is 8. The van der Waals surface area contributed by atoms with Gasteiger partial charge in [0.15, 0.2) is 0 Å². The summed E-state index contributed by atoms with van der Waals surface area (Å²) in [5, 5.41) is 14.2. The van der Waals surface area contributed by atoms with Crippen LogP contribution in [0.1, 0.15) is 24.5 Å². The Morgan fingerprint density at radius 3 is 2.61 bits per heavy atom. The third-order valence-electron chi connectivity index (χ3n) is 7.34. The smallest absolute Gasteiger partial charge is 0.223 e. The van der Waals surface area contributed by atoms with Gasteiger partial charge in [0.2, 0.25) is 5.95 Å². The molecule has 1 aliphatic carbocycles. The summed E-state index contributed by atoms with van der Waals surface area (Å²) in [6.45, 7) is 7.61. The van der Waals surface area contributed by atoms with Crippen LogP contribution < -0.4 is 5.32 Å². The molecule has 1 aliphatic heterocycles. The molecule has 38 heavy (non-hydrogen) atoms. The number of anilines is 1. The third kappa shape index (κ3) is 7.10. The average molecular weight is 512 g/mol. The number of piperazine rings is 1. The molecule has 0 radical (unpaired) electrons. The van der Waals surface area contributed by atoms with Crippen molar-refractivity contribution in [2.45, 2.75) is 38.6 Å². The quantitative estimate of drug-likeness (QED) is 0.477. The lowest BCUT2D eigenvalue weighted by molar-refractivity contribution is 0.148. The van der Waals surface area contributed by atoms with Gasteiger partial charge in [0.1, 0.15) is 6.23 Å². The van der Waals surface area contributed by atoms with Crippen molar-refractivity contribution < 1.29 is 5.11 Å². The van der Waals surface area contributed by atoms with E-state index < -0.39 is 6.23 Å². The van der Waals surface area contributed by atoms with E-state index >= 15 is 0 Å². The van der Waals surface area contributed by atoms with Crippen molar-refractivity contribution in [2.75, 3.05) is 38.5 Å². The number of pyridine rings is 1. The maximum absolute atomic E-state index is 10.7. The second kappa shape index (κ2) is 12.4. The molecule has 3 aromatic rings. The van der Waals surface area contributed by atoms with Crippen LogP contribution in [-0.2, 0) is 13.0 Å². The van der Waals surface area contributed by atoms with Crippen LogP contribution in [0.5, 0.6) is 0 Å². The average Bonchev–Trinajstić information content (AvgIpc) is 2.93. The minimum absolute atomic E-state index is 0.0870. The molecular weight excluding hydrogens is 474 g/mol. The lowest BCUT2D eigenvalue weighted by atomic mass is 9.90. The van der Waals surface area contributed by atoms with Crippen molar-refractivity contribution >= 4 is 11.7 Å². The summed E-state index contributed by atoms with van der Waals surface area (Å²) in [5.74, 6) is 0.861. The fourth-order valence-corrected chi connectivity index (χ4v) is 4.92. The van der Waals surface area contributed by atoms with Crippen molar-refractivity contribution in [2.24, 2.45) is 10.9 Å². The van der Waals surface area contributed by atoms with Crippen molar-refractivity contribution in [3.8, 4) is 11.3 Å². The number of nitrogens with one attached hydrogen (secondary N) is 1. The monoisotopic (exact) mass is 511 g/mol. The van der Waals surface area contributed by atoms with E-state index in [1.807, 2.05) is 24.3 Å². The second-order valence-electron chi connectivity index (χ2n) is 10.4. The molecule has 1 saturated heterocycles. The molecule has 0 spiro atoms. The molecule has 5 rings (SSSR count). The van der Waals surface area contributed by atoms with E-state index in [-0.39, 0.29) is 12.0 Å². The topological polar surface area (TPSA) is 89.8 Å². The molecule has 1 aromatic carbocycles. The fourth-order valence-electron chi connectivity index (χ4n) is 4.92. The number of nitrogens with zero attached hydrogens (tertiary/aromatic N) is 6. The Balaban J connectivity index is 1.17. The number of benzene rings is 1. The number of hydrogen-bond acceptors (Lipinski definition) is 8. The molecule has 3 unspecified atom stereocenters. The predicted octanol–water partition coefficient (Wildman–Crippen LogP) is 3.66. The van der Waals surface area contributed by atoms with Crippen molar-refractivity contribution in [3.63, 3.8) is 0 Å². The van der Waals surface area contributed by atoms with Gasteiger partial charge in [-0.1, -0.05) is 37.3 Å². The summed E-state index contributed by atoms with van der Waals surface area (Å²) >= 11 is 0. The fraction of sp³-hybridized carbons (Fsp3) is 0.400. The van der Waals surface area contributed by atoms with Gasteiger partial charge in [-0.05, 0) is 48.4 Å². The van der Waals surface area contributed by atoms with Gasteiger partial charge in [-0.25, -0.2) is 9.97 Å². The van der Waals surface area contributed by atoms with Crippen LogP contribution in [0.25, 0.3) is 11.3 Å². The molecule has 0 bridgehead atoms. The largest absolute Gasteiger partial charge is 0.371 e. The molecular formula is C30H37N7O. The standard InChI is InChI=1S/C30H37N7O/c1-22-5-10-26(19-28(22)35-30-32-13-11-27(34-30)25-4-3-12-31-20-25)33-29(38)18-23-6-8-24(9-7-23)21-37-16-14-36(2)15-17-37/h3-13,20,22,28-29,38H,14-19,21H2,1-2H3,(H,32,34,35). The van der Waals surface area contributed by atoms with Crippen LogP contribution in [0.3, 0.4) is 0 Å². The van der Waals surface area contributed by atoms with Gasteiger partial charge >= 0.3 is 0 Å². The number of aliphatic hydroxyl groups is 1. The first-order valence-electron chi connectivity index (χ1n) is 13.4. The Kier molecular flexibility index (Phi) is 8.53. The van der Waals surface area contributed by atoms with Crippen LogP contribution in [0.4, 0.5) is 5.95 Å². The maximum atomic E-state index is 10.7. The molecule has 8 heteroatoms. The molecule has 3 heterocycles. The summed E-state index contributed by atoms with van der Waals surface area (Å²) in [5.41, 5.74) is 5.06. The first-order valence-corrected chi connectivity index (χ1v) is 13.4. The lowest BCUT2D eigenvalue weighted by Crippen LogP contribution is -2.43. The number of likely N-dealkylation sites (N-methyl/N-ethyl adjacent to an activating group) is 1. The van der Waals surface area contributed by atoms with E-state index in [9.17, 15) is 5.11 Å². The van der Waals surface area contributed by atoms with Gasteiger partial charge in [-0.2, -0.15) is 0 Å². The molecule has 1 fully saturated rings. The Morgan fingerprint density at radius 1 is 1.05 bits per heavy atom. The first kappa shape index (κ1) is 26.2. The molecule has 2 aliphatic rings. The van der Waals surface area contributed by atoms with Crippen LogP contribution in [0.15, 0.2) is 78.2 Å². The maximum Gasteiger partial charge on any atom is 0.223 e. The summed E-state index contributed by atoms with van der Waals surface area (Å²) in [6, 6.07) is 14.4. The van der Waals surface area contributed by atoms with E-state index in [1.54, 1.807) is 18.6 Å². The van der Waals surface area contributed by atoms with Gasteiger partial charge in [0.05, 0.1) is 5.69 Å². The van der Waals surface area contributed by atoms with Crippen LogP contribution in [0.2, 0.25) is 0 Å². The molecule has 0 amide bonds. The predicted molar refractivity (Wildman–Crippen MR) is 152 cm³/mol. The normalized spacial score (nSPS) is 22.4. The zero-order valence-electron chi connectivity index (χ0n) is 22.2. The van der Waals surface area contributed by atoms with Gasteiger partial charge in [-0.3, -0.25) is 14.9 Å². The van der Waals surface area contributed by atoms with Crippen LogP contribution >= 0.6 is 0 Å². The Hall–Kier alpha value is -3.46. The SMILES string of the molecule is CC1C=CC(=NC(O)Cc2ccc(CN3CCN(C)CC3)cc2)CC1Nc1nccc(-c2cccnc2)n1. The second-order valence-corrected chi connectivity index (χ2v) is 10.4. The summed E-state index contributed by atoms with van der Waals surface area (Å²) < 4.78 is 0. The highest BCUT2D eigenvalue weighted by atomic mass is 16.3. The lowest BCUT2D eigenvalue weighted by Gasteiger charge is -2.32. The van der Waals surface area contributed by atoms with Gasteiger partial charge in [-0.15, -0.1) is 0 Å². The highest BCUT2D eigenvalue weighted by Gasteiger charge is 2.23. The minimum atomic E-state index is -0.780. The van der Waals surface area contributed by atoms with Crippen LogP contribution in [0, 0.1) is 5.92 Å². The van der Waals surface area contributed by atoms with Gasteiger partial charge < -0.3 is 15.3 Å². The number of aliphatic imine (C=N–C) groups is 1. The third-order valence-corrected chi connectivity index (χ3v) is 7.34.